The van der Waals surface area contributed by atoms with E-state index in [2.05, 4.69) is 10.6 Å². The molecule has 7 nitrogen and oxygen atoms in total. The highest BCUT2D eigenvalue weighted by Crippen LogP contribution is 2.30. The summed E-state index contributed by atoms with van der Waals surface area (Å²) in [6.07, 6.45) is -0.420. The third-order valence-electron chi connectivity index (χ3n) is 3.46. The molecule has 1 amide bonds. The van der Waals surface area contributed by atoms with Crippen molar-refractivity contribution in [1.82, 2.24) is 5.32 Å². The van der Waals surface area contributed by atoms with Crippen molar-refractivity contribution in [3.8, 4) is 5.75 Å². The summed E-state index contributed by atoms with van der Waals surface area (Å²) >= 11 is 0. The van der Waals surface area contributed by atoms with Crippen molar-refractivity contribution < 1.29 is 14.5 Å². The fourth-order valence-electron chi connectivity index (χ4n) is 2.35. The number of anilines is 1. The van der Waals surface area contributed by atoms with Crippen LogP contribution >= 0.6 is 0 Å². The van der Waals surface area contributed by atoms with Gasteiger partial charge < -0.3 is 15.4 Å². The number of carbonyl (C=O) groups is 1. The van der Waals surface area contributed by atoms with Gasteiger partial charge >= 0.3 is 0 Å². The first kappa shape index (κ1) is 13.9. The van der Waals surface area contributed by atoms with E-state index in [9.17, 15) is 14.9 Å². The van der Waals surface area contributed by atoms with E-state index in [4.69, 9.17) is 4.74 Å². The second kappa shape index (κ2) is 5.36. The lowest BCUT2D eigenvalue weighted by Gasteiger charge is -2.28. The number of rotatable bonds is 3. The number of nitrogens with one attached hydrogen (secondary N) is 2. The normalized spacial score (nSPS) is 16.2. The summed E-state index contributed by atoms with van der Waals surface area (Å²) < 4.78 is 5.17. The van der Waals surface area contributed by atoms with Crippen LogP contribution in [0.3, 0.4) is 0 Å². The Labute approximate surface area is 126 Å². The highest BCUT2D eigenvalue weighted by molar-refractivity contribution is 6.02. The largest absolute Gasteiger partial charge is 0.497 e. The van der Waals surface area contributed by atoms with Gasteiger partial charge in [0.1, 0.15) is 11.9 Å². The van der Waals surface area contributed by atoms with Crippen LogP contribution < -0.4 is 15.4 Å². The highest BCUT2D eigenvalue weighted by Gasteiger charge is 2.26. The maximum Gasteiger partial charge on any atom is 0.270 e. The Kier molecular flexibility index (Phi) is 3.38. The van der Waals surface area contributed by atoms with Crippen molar-refractivity contribution in [3.05, 3.63) is 63.7 Å². The minimum Gasteiger partial charge on any atom is -0.497 e. The van der Waals surface area contributed by atoms with Crippen LogP contribution in [0, 0.1) is 10.1 Å². The minimum atomic E-state index is -0.526. The SMILES string of the molecule is COc1cccc(C2NC(=O)c3cc([N+](=O)[O-])ccc3N2)c1. The van der Waals surface area contributed by atoms with Crippen molar-refractivity contribution >= 4 is 17.3 Å². The Balaban J connectivity index is 1.94. The van der Waals surface area contributed by atoms with E-state index < -0.39 is 11.1 Å². The zero-order chi connectivity index (χ0) is 15.7. The Morgan fingerprint density at radius 3 is 2.73 bits per heavy atom. The Hall–Kier alpha value is -3.09. The molecule has 112 valence electrons. The molecule has 0 spiro atoms. The summed E-state index contributed by atoms with van der Waals surface area (Å²) in [5, 5.41) is 16.7. The molecule has 0 aromatic heterocycles. The number of amides is 1. The maximum absolute atomic E-state index is 12.2. The summed E-state index contributed by atoms with van der Waals surface area (Å²) in [7, 11) is 1.57. The number of nitro groups is 1. The fourth-order valence-corrected chi connectivity index (χ4v) is 2.35. The van der Waals surface area contributed by atoms with Gasteiger partial charge in [-0.15, -0.1) is 0 Å². The zero-order valence-corrected chi connectivity index (χ0v) is 11.7. The molecular formula is C15H13N3O4. The van der Waals surface area contributed by atoms with Gasteiger partial charge in [-0.1, -0.05) is 12.1 Å². The topological polar surface area (TPSA) is 93.5 Å². The summed E-state index contributed by atoms with van der Waals surface area (Å²) in [6, 6.07) is 11.5. The number of nitro benzene ring substituents is 1. The Bertz CT molecular complexity index is 760. The number of methoxy groups -OCH3 is 1. The highest BCUT2D eigenvalue weighted by atomic mass is 16.6. The van der Waals surface area contributed by atoms with E-state index in [1.807, 2.05) is 24.3 Å². The molecule has 2 aromatic carbocycles. The minimum absolute atomic E-state index is 0.115. The first-order valence-electron chi connectivity index (χ1n) is 6.58. The smallest absolute Gasteiger partial charge is 0.270 e. The van der Waals surface area contributed by atoms with Crippen molar-refractivity contribution in [1.29, 1.82) is 0 Å². The molecular weight excluding hydrogens is 286 g/mol. The van der Waals surface area contributed by atoms with Crippen LogP contribution in [0.25, 0.3) is 0 Å². The molecule has 0 radical (unpaired) electrons. The molecule has 1 aliphatic rings. The van der Waals surface area contributed by atoms with Crippen LogP contribution in [0.2, 0.25) is 0 Å². The summed E-state index contributed by atoms with van der Waals surface area (Å²) in [4.78, 5) is 22.5. The molecule has 1 aliphatic heterocycles. The van der Waals surface area contributed by atoms with Gasteiger partial charge in [-0.05, 0) is 23.8 Å². The summed E-state index contributed by atoms with van der Waals surface area (Å²) in [5.41, 5.74) is 1.53. The molecule has 7 heteroatoms. The van der Waals surface area contributed by atoms with Crippen LogP contribution in [-0.2, 0) is 0 Å². The molecule has 1 unspecified atom stereocenters. The van der Waals surface area contributed by atoms with E-state index in [0.29, 0.717) is 11.4 Å². The van der Waals surface area contributed by atoms with E-state index in [1.165, 1.54) is 12.1 Å². The van der Waals surface area contributed by atoms with Gasteiger partial charge in [-0.2, -0.15) is 0 Å². The summed E-state index contributed by atoms with van der Waals surface area (Å²) in [6.45, 7) is 0. The lowest BCUT2D eigenvalue weighted by molar-refractivity contribution is -0.384. The van der Waals surface area contributed by atoms with Crippen molar-refractivity contribution in [2.75, 3.05) is 12.4 Å². The average Bonchev–Trinajstić information content (AvgIpc) is 2.54. The first-order chi connectivity index (χ1) is 10.6. The number of carbonyl (C=O) groups excluding carboxylic acids is 1. The Morgan fingerprint density at radius 1 is 1.18 bits per heavy atom. The lowest BCUT2D eigenvalue weighted by atomic mass is 10.0. The van der Waals surface area contributed by atoms with Gasteiger partial charge in [0.2, 0.25) is 0 Å². The Morgan fingerprint density at radius 2 is 2.00 bits per heavy atom. The molecule has 0 saturated heterocycles. The number of hydrogen-bond acceptors (Lipinski definition) is 5. The van der Waals surface area contributed by atoms with E-state index in [1.54, 1.807) is 13.2 Å². The predicted octanol–water partition coefficient (Wildman–Crippen LogP) is 2.46. The van der Waals surface area contributed by atoms with E-state index in [-0.39, 0.29) is 17.2 Å². The standard InChI is InChI=1S/C15H13N3O4/c1-22-11-4-2-3-9(7-11)14-16-13-6-5-10(18(20)21)8-12(13)15(19)17-14/h2-8,14,16H,1H3,(H,17,19). The molecule has 2 aromatic rings. The molecule has 2 N–H and O–H groups in total. The molecule has 0 saturated carbocycles. The lowest BCUT2D eigenvalue weighted by Crippen LogP contribution is -2.38. The van der Waals surface area contributed by atoms with Gasteiger partial charge in [0, 0.05) is 17.8 Å². The molecule has 3 rings (SSSR count). The fraction of sp³-hybridized carbons (Fsp3) is 0.133. The van der Waals surface area contributed by atoms with Gasteiger partial charge in [0.15, 0.2) is 0 Å². The van der Waals surface area contributed by atoms with Crippen LogP contribution in [0.15, 0.2) is 42.5 Å². The van der Waals surface area contributed by atoms with Crippen molar-refractivity contribution in [3.63, 3.8) is 0 Å². The van der Waals surface area contributed by atoms with Crippen LogP contribution in [0.5, 0.6) is 5.75 Å². The van der Waals surface area contributed by atoms with Crippen LogP contribution in [0.1, 0.15) is 22.1 Å². The van der Waals surface area contributed by atoms with Gasteiger partial charge in [-0.25, -0.2) is 0 Å². The molecule has 0 bridgehead atoms. The monoisotopic (exact) mass is 299 g/mol. The van der Waals surface area contributed by atoms with Crippen molar-refractivity contribution in [2.24, 2.45) is 0 Å². The number of hydrogen-bond donors (Lipinski definition) is 2. The maximum atomic E-state index is 12.2. The zero-order valence-electron chi connectivity index (χ0n) is 11.7. The number of fused-ring (bicyclic) bond motifs is 1. The van der Waals surface area contributed by atoms with Gasteiger partial charge in [0.05, 0.1) is 17.6 Å². The van der Waals surface area contributed by atoms with Gasteiger partial charge in [0.25, 0.3) is 11.6 Å². The molecule has 22 heavy (non-hydrogen) atoms. The third-order valence-corrected chi connectivity index (χ3v) is 3.46. The molecule has 0 aliphatic carbocycles. The van der Waals surface area contributed by atoms with E-state index >= 15 is 0 Å². The van der Waals surface area contributed by atoms with Gasteiger partial charge in [-0.3, -0.25) is 14.9 Å². The quantitative estimate of drug-likeness (QED) is 0.670. The number of ether oxygens (including phenoxy) is 1. The average molecular weight is 299 g/mol. The van der Waals surface area contributed by atoms with E-state index in [0.717, 1.165) is 5.56 Å². The number of non-ortho nitro benzene ring substituents is 1. The second-order valence-electron chi connectivity index (χ2n) is 4.81. The second-order valence-corrected chi connectivity index (χ2v) is 4.81. The van der Waals surface area contributed by atoms with Crippen LogP contribution in [-0.4, -0.2) is 17.9 Å². The van der Waals surface area contributed by atoms with Crippen LogP contribution in [0.4, 0.5) is 11.4 Å². The number of nitrogens with zero attached hydrogens (tertiary/aromatic N) is 1. The first-order valence-corrected chi connectivity index (χ1v) is 6.58. The predicted molar refractivity (Wildman–Crippen MR) is 79.9 cm³/mol. The summed E-state index contributed by atoms with van der Waals surface area (Å²) in [5.74, 6) is 0.327. The van der Waals surface area contributed by atoms with Crippen molar-refractivity contribution in [2.45, 2.75) is 6.17 Å². The third kappa shape index (κ3) is 2.44. The molecule has 0 fully saturated rings. The number of benzene rings is 2. The molecule has 1 atom stereocenters. The molecule has 1 heterocycles.